The predicted molar refractivity (Wildman–Crippen MR) is 135 cm³/mol. The molecule has 4 aromatic rings. The molecule has 3 aromatic carbocycles. The topological polar surface area (TPSA) is 105 Å². The van der Waals surface area contributed by atoms with Crippen molar-refractivity contribution in [2.24, 2.45) is 0 Å². The van der Waals surface area contributed by atoms with Crippen molar-refractivity contribution >= 4 is 11.6 Å². The number of carbonyl (C=O) groups excluding carboxylic acids is 1. The first-order valence-electron chi connectivity index (χ1n) is 11.2. The quantitative estimate of drug-likeness (QED) is 0.331. The Morgan fingerprint density at radius 3 is 2.19 bits per heavy atom. The number of ether oxygens (including phenoxy) is 4. The zero-order valence-corrected chi connectivity index (χ0v) is 20.5. The van der Waals surface area contributed by atoms with Crippen molar-refractivity contribution < 1.29 is 28.3 Å². The van der Waals surface area contributed by atoms with Crippen LogP contribution in [-0.2, 0) is 11.2 Å². The largest absolute Gasteiger partial charge is 0.497 e. The van der Waals surface area contributed by atoms with Gasteiger partial charge in [-0.2, -0.15) is 4.98 Å². The average Bonchev–Trinajstić information content (AvgIpc) is 3.40. The van der Waals surface area contributed by atoms with Gasteiger partial charge in [0.1, 0.15) is 11.5 Å². The maximum atomic E-state index is 12.6. The minimum Gasteiger partial charge on any atom is -0.497 e. The van der Waals surface area contributed by atoms with Crippen LogP contribution in [0.3, 0.4) is 0 Å². The molecule has 4 rings (SSSR count). The summed E-state index contributed by atoms with van der Waals surface area (Å²) < 4.78 is 26.6. The second kappa shape index (κ2) is 11.3. The van der Waals surface area contributed by atoms with Crippen molar-refractivity contribution in [3.8, 4) is 45.5 Å². The SMILES string of the molecule is COc1ccc(-c2cc(NC(=O)CCc3nc(-c4ccc(OC)c(OC)c4)no3)ccc2OC)cc1. The van der Waals surface area contributed by atoms with E-state index < -0.39 is 0 Å². The van der Waals surface area contributed by atoms with Gasteiger partial charge in [0, 0.05) is 29.7 Å². The van der Waals surface area contributed by atoms with Gasteiger partial charge in [0.25, 0.3) is 0 Å². The third kappa shape index (κ3) is 5.57. The maximum Gasteiger partial charge on any atom is 0.227 e. The lowest BCUT2D eigenvalue weighted by molar-refractivity contribution is -0.116. The Balaban J connectivity index is 1.41. The Bertz CT molecular complexity index is 1330. The van der Waals surface area contributed by atoms with Crippen molar-refractivity contribution in [2.75, 3.05) is 33.8 Å². The van der Waals surface area contributed by atoms with Gasteiger partial charge < -0.3 is 28.8 Å². The zero-order chi connectivity index (χ0) is 25.5. The van der Waals surface area contributed by atoms with Gasteiger partial charge in [-0.05, 0) is 54.1 Å². The minimum absolute atomic E-state index is 0.174. The first-order chi connectivity index (χ1) is 17.5. The molecule has 0 aliphatic heterocycles. The Hall–Kier alpha value is -4.53. The molecule has 0 spiro atoms. The molecule has 9 nitrogen and oxygen atoms in total. The number of carbonyl (C=O) groups is 1. The number of methoxy groups -OCH3 is 4. The Labute approximate surface area is 209 Å². The van der Waals surface area contributed by atoms with E-state index in [4.69, 9.17) is 23.5 Å². The first kappa shape index (κ1) is 24.6. The van der Waals surface area contributed by atoms with Crippen molar-refractivity contribution in [3.05, 3.63) is 66.6 Å². The zero-order valence-electron chi connectivity index (χ0n) is 20.5. The van der Waals surface area contributed by atoms with Crippen LogP contribution in [0.1, 0.15) is 12.3 Å². The Kier molecular flexibility index (Phi) is 7.69. The van der Waals surface area contributed by atoms with Crippen LogP contribution in [0, 0.1) is 0 Å². The number of hydrogen-bond donors (Lipinski definition) is 1. The Morgan fingerprint density at radius 2 is 1.50 bits per heavy atom. The van der Waals surface area contributed by atoms with Crippen molar-refractivity contribution in [2.45, 2.75) is 12.8 Å². The molecule has 1 amide bonds. The third-order valence-electron chi connectivity index (χ3n) is 5.56. The molecular weight excluding hydrogens is 462 g/mol. The number of rotatable bonds is 10. The van der Waals surface area contributed by atoms with E-state index in [9.17, 15) is 4.79 Å². The molecule has 0 saturated carbocycles. The molecular formula is C27H27N3O6. The van der Waals surface area contributed by atoms with Gasteiger partial charge in [0.2, 0.25) is 17.6 Å². The highest BCUT2D eigenvalue weighted by Crippen LogP contribution is 2.34. The lowest BCUT2D eigenvalue weighted by atomic mass is 10.0. The molecule has 0 saturated heterocycles. The smallest absolute Gasteiger partial charge is 0.227 e. The molecule has 1 aromatic heterocycles. The number of amides is 1. The molecule has 0 aliphatic carbocycles. The van der Waals surface area contributed by atoms with Crippen molar-refractivity contribution in [1.82, 2.24) is 10.1 Å². The highest BCUT2D eigenvalue weighted by Gasteiger charge is 2.14. The summed E-state index contributed by atoms with van der Waals surface area (Å²) in [7, 11) is 6.36. The normalized spacial score (nSPS) is 10.6. The van der Waals surface area contributed by atoms with Gasteiger partial charge in [-0.3, -0.25) is 4.79 Å². The maximum absolute atomic E-state index is 12.6. The van der Waals surface area contributed by atoms with Gasteiger partial charge in [-0.25, -0.2) is 0 Å². The summed E-state index contributed by atoms with van der Waals surface area (Å²) in [5, 5.41) is 6.94. The lowest BCUT2D eigenvalue weighted by Gasteiger charge is -2.12. The fourth-order valence-corrected chi connectivity index (χ4v) is 3.67. The number of anilines is 1. The van der Waals surface area contributed by atoms with E-state index in [1.807, 2.05) is 42.5 Å². The van der Waals surface area contributed by atoms with E-state index in [1.165, 1.54) is 0 Å². The van der Waals surface area contributed by atoms with E-state index >= 15 is 0 Å². The summed E-state index contributed by atoms with van der Waals surface area (Å²) >= 11 is 0. The summed E-state index contributed by atoms with van der Waals surface area (Å²) in [5.41, 5.74) is 3.17. The van der Waals surface area contributed by atoms with E-state index in [-0.39, 0.29) is 12.3 Å². The van der Waals surface area contributed by atoms with E-state index in [0.717, 1.165) is 22.4 Å². The molecule has 36 heavy (non-hydrogen) atoms. The van der Waals surface area contributed by atoms with Crippen molar-refractivity contribution in [3.63, 3.8) is 0 Å². The molecule has 0 fully saturated rings. The van der Waals surface area contributed by atoms with Crippen LogP contribution in [0.4, 0.5) is 5.69 Å². The predicted octanol–water partition coefficient (Wildman–Crippen LogP) is 5.01. The summed E-state index contributed by atoms with van der Waals surface area (Å²) in [4.78, 5) is 17.0. The average molecular weight is 490 g/mol. The molecule has 9 heteroatoms. The van der Waals surface area contributed by atoms with E-state index in [1.54, 1.807) is 46.6 Å². The molecule has 186 valence electrons. The summed E-state index contributed by atoms with van der Waals surface area (Å²) in [5.74, 6) is 3.23. The molecule has 0 radical (unpaired) electrons. The highest BCUT2D eigenvalue weighted by atomic mass is 16.5. The number of aromatic nitrogens is 2. The number of nitrogens with zero attached hydrogens (tertiary/aromatic N) is 2. The number of aryl methyl sites for hydroxylation is 1. The van der Waals surface area contributed by atoms with Crippen LogP contribution < -0.4 is 24.3 Å². The van der Waals surface area contributed by atoms with Crippen LogP contribution in [-0.4, -0.2) is 44.5 Å². The van der Waals surface area contributed by atoms with Gasteiger partial charge in [-0.15, -0.1) is 0 Å². The van der Waals surface area contributed by atoms with Crippen molar-refractivity contribution in [1.29, 1.82) is 0 Å². The van der Waals surface area contributed by atoms with Gasteiger partial charge >= 0.3 is 0 Å². The highest BCUT2D eigenvalue weighted by molar-refractivity contribution is 5.92. The molecule has 0 aliphatic rings. The first-order valence-corrected chi connectivity index (χ1v) is 11.2. The lowest BCUT2D eigenvalue weighted by Crippen LogP contribution is -2.12. The Morgan fingerprint density at radius 1 is 0.806 bits per heavy atom. The molecule has 0 unspecified atom stereocenters. The summed E-state index contributed by atoms with van der Waals surface area (Å²) in [6, 6.07) is 18.5. The third-order valence-corrected chi connectivity index (χ3v) is 5.56. The fourth-order valence-electron chi connectivity index (χ4n) is 3.67. The van der Waals surface area contributed by atoms with Gasteiger partial charge in [0.15, 0.2) is 11.5 Å². The number of benzene rings is 3. The van der Waals surface area contributed by atoms with Crippen LogP contribution in [0.15, 0.2) is 65.2 Å². The van der Waals surface area contributed by atoms with Crippen LogP contribution in [0.2, 0.25) is 0 Å². The molecule has 0 atom stereocenters. The van der Waals surface area contributed by atoms with Crippen LogP contribution >= 0.6 is 0 Å². The van der Waals surface area contributed by atoms with Gasteiger partial charge in [-0.1, -0.05) is 17.3 Å². The van der Waals surface area contributed by atoms with Crippen LogP contribution in [0.5, 0.6) is 23.0 Å². The fraction of sp³-hybridized carbons (Fsp3) is 0.222. The van der Waals surface area contributed by atoms with Crippen LogP contribution in [0.25, 0.3) is 22.5 Å². The standard InChI is InChI=1S/C27H27N3O6/c1-32-20-9-5-17(6-10-20)21-16-19(8-12-22(21)33-2)28-25(31)13-14-26-29-27(30-36-26)18-7-11-23(34-3)24(15-18)35-4/h5-12,15-16H,13-14H2,1-4H3,(H,28,31). The van der Waals surface area contributed by atoms with E-state index in [0.29, 0.717) is 41.1 Å². The second-order valence-electron chi connectivity index (χ2n) is 7.77. The molecule has 1 heterocycles. The van der Waals surface area contributed by atoms with E-state index in [2.05, 4.69) is 15.5 Å². The van der Waals surface area contributed by atoms with Gasteiger partial charge in [0.05, 0.1) is 28.4 Å². The number of nitrogens with one attached hydrogen (secondary N) is 1. The second-order valence-corrected chi connectivity index (χ2v) is 7.77. The summed E-state index contributed by atoms with van der Waals surface area (Å²) in [6.07, 6.45) is 0.477. The summed E-state index contributed by atoms with van der Waals surface area (Å²) in [6.45, 7) is 0. The number of hydrogen-bond acceptors (Lipinski definition) is 8. The molecule has 1 N–H and O–H groups in total. The minimum atomic E-state index is -0.174. The molecule has 0 bridgehead atoms. The monoisotopic (exact) mass is 489 g/mol.